The number of para-hydroxylation sites is 2. The van der Waals surface area contributed by atoms with Gasteiger partial charge in [-0.15, -0.1) is 0 Å². The van der Waals surface area contributed by atoms with Crippen LogP contribution in [0.3, 0.4) is 0 Å². The molecule has 2 aromatic rings. The zero-order chi connectivity index (χ0) is 19.4. The average molecular weight is 386 g/mol. The van der Waals surface area contributed by atoms with E-state index in [9.17, 15) is 9.59 Å². The third-order valence-electron chi connectivity index (χ3n) is 4.15. The minimum absolute atomic E-state index is 0.327. The molecule has 0 radical (unpaired) electrons. The fraction of sp³-hybridized carbons (Fsp3) is 0.200. The highest BCUT2D eigenvalue weighted by atomic mass is 35.5. The lowest BCUT2D eigenvalue weighted by Crippen LogP contribution is -2.45. The Bertz CT molecular complexity index is 894. The number of halogens is 1. The Morgan fingerprint density at radius 3 is 2.59 bits per heavy atom. The van der Waals surface area contributed by atoms with E-state index in [0.717, 1.165) is 5.56 Å². The van der Waals surface area contributed by atoms with E-state index < -0.39 is 6.04 Å². The molecule has 3 rings (SSSR count). The molecule has 1 heterocycles. The highest BCUT2D eigenvalue weighted by molar-refractivity contribution is 6.30. The van der Waals surface area contributed by atoms with E-state index in [1.165, 1.54) is 0 Å². The fourth-order valence-electron chi connectivity index (χ4n) is 2.94. The van der Waals surface area contributed by atoms with E-state index in [0.29, 0.717) is 34.3 Å². The van der Waals surface area contributed by atoms with Crippen molar-refractivity contribution in [3.63, 3.8) is 0 Å². The van der Waals surface area contributed by atoms with Gasteiger partial charge in [0.05, 0.1) is 23.9 Å². The zero-order valence-corrected chi connectivity index (χ0v) is 15.8. The zero-order valence-electron chi connectivity index (χ0n) is 15.0. The first-order chi connectivity index (χ1) is 13.0. The Hall–Kier alpha value is -2.99. The smallest absolute Gasteiger partial charge is 0.319 e. The van der Waals surface area contributed by atoms with Gasteiger partial charge in [-0.1, -0.05) is 35.9 Å². The van der Waals surface area contributed by atoms with Crippen molar-refractivity contribution in [2.75, 3.05) is 11.9 Å². The first-order valence-corrected chi connectivity index (χ1v) is 8.94. The van der Waals surface area contributed by atoms with Crippen molar-refractivity contribution in [1.29, 1.82) is 0 Å². The molecule has 1 atom stereocenters. The first kappa shape index (κ1) is 18.8. The summed E-state index contributed by atoms with van der Waals surface area (Å²) in [6.07, 6.45) is 0. The number of rotatable bonds is 5. The van der Waals surface area contributed by atoms with Crippen LogP contribution in [0.15, 0.2) is 59.8 Å². The second-order valence-corrected chi connectivity index (χ2v) is 6.44. The van der Waals surface area contributed by atoms with Crippen LogP contribution in [0.4, 0.5) is 10.5 Å². The van der Waals surface area contributed by atoms with Gasteiger partial charge in [-0.25, -0.2) is 4.79 Å². The topological polar surface area (TPSA) is 79.5 Å². The summed E-state index contributed by atoms with van der Waals surface area (Å²) in [4.78, 5) is 25.0. The van der Waals surface area contributed by atoms with E-state index in [2.05, 4.69) is 16.0 Å². The molecule has 3 N–H and O–H groups in total. The van der Waals surface area contributed by atoms with Crippen molar-refractivity contribution in [2.45, 2.75) is 19.9 Å². The number of carbonyl (C=O) groups is 2. The molecule has 0 saturated heterocycles. The molecule has 3 amide bonds. The molecule has 0 fully saturated rings. The van der Waals surface area contributed by atoms with Crippen molar-refractivity contribution < 1.29 is 14.3 Å². The maximum atomic E-state index is 13.0. The van der Waals surface area contributed by atoms with Crippen LogP contribution in [0, 0.1) is 0 Å². The van der Waals surface area contributed by atoms with Crippen molar-refractivity contribution >= 4 is 29.2 Å². The molecule has 0 aliphatic carbocycles. The summed E-state index contributed by atoms with van der Waals surface area (Å²) in [6.45, 7) is 4.06. The minimum Gasteiger partial charge on any atom is -0.492 e. The van der Waals surface area contributed by atoms with E-state index >= 15 is 0 Å². The number of ether oxygens (including phenoxy) is 1. The number of amides is 3. The summed E-state index contributed by atoms with van der Waals surface area (Å²) < 4.78 is 5.56. The summed E-state index contributed by atoms with van der Waals surface area (Å²) in [5.41, 5.74) is 2.24. The van der Waals surface area contributed by atoms with Crippen LogP contribution < -0.4 is 20.7 Å². The Labute approximate surface area is 162 Å². The van der Waals surface area contributed by atoms with Gasteiger partial charge in [0, 0.05) is 10.7 Å². The third-order valence-corrected chi connectivity index (χ3v) is 4.40. The van der Waals surface area contributed by atoms with Gasteiger partial charge in [0.2, 0.25) is 0 Å². The normalized spacial score (nSPS) is 16.4. The van der Waals surface area contributed by atoms with Gasteiger partial charge in [-0.3, -0.25) is 4.79 Å². The predicted molar refractivity (Wildman–Crippen MR) is 105 cm³/mol. The molecule has 6 nitrogen and oxygen atoms in total. The van der Waals surface area contributed by atoms with Crippen LogP contribution in [0.1, 0.15) is 25.5 Å². The lowest BCUT2D eigenvalue weighted by Gasteiger charge is -2.29. The largest absolute Gasteiger partial charge is 0.492 e. The van der Waals surface area contributed by atoms with Gasteiger partial charge in [0.25, 0.3) is 5.91 Å². The molecular weight excluding hydrogens is 366 g/mol. The molecule has 0 aromatic heterocycles. The maximum absolute atomic E-state index is 13.0. The number of urea groups is 1. The predicted octanol–water partition coefficient (Wildman–Crippen LogP) is 4.01. The van der Waals surface area contributed by atoms with Crippen molar-refractivity contribution in [3.05, 3.63) is 70.4 Å². The molecule has 0 saturated carbocycles. The summed E-state index contributed by atoms with van der Waals surface area (Å²) >= 11 is 5.96. The molecule has 1 aliphatic heterocycles. The Balaban J connectivity index is 1.93. The maximum Gasteiger partial charge on any atom is 0.319 e. The second-order valence-electron chi connectivity index (χ2n) is 6.00. The number of carbonyl (C=O) groups excluding carboxylic acids is 2. The number of anilines is 1. The second kappa shape index (κ2) is 8.14. The van der Waals surface area contributed by atoms with Crippen molar-refractivity contribution in [1.82, 2.24) is 10.6 Å². The molecule has 0 spiro atoms. The Morgan fingerprint density at radius 2 is 1.89 bits per heavy atom. The third kappa shape index (κ3) is 4.23. The average Bonchev–Trinajstić information content (AvgIpc) is 2.63. The van der Waals surface area contributed by atoms with Gasteiger partial charge in [-0.05, 0) is 43.7 Å². The van der Waals surface area contributed by atoms with Crippen molar-refractivity contribution in [2.24, 2.45) is 0 Å². The van der Waals surface area contributed by atoms with Crippen molar-refractivity contribution in [3.8, 4) is 5.75 Å². The molecule has 1 aliphatic rings. The van der Waals surface area contributed by atoms with Gasteiger partial charge < -0.3 is 20.7 Å². The number of hydrogen-bond donors (Lipinski definition) is 3. The molecule has 0 bridgehead atoms. The molecule has 7 heteroatoms. The molecular formula is C20H20ClN3O3. The van der Waals surface area contributed by atoms with E-state index in [1.54, 1.807) is 43.3 Å². The first-order valence-electron chi connectivity index (χ1n) is 8.56. The lowest BCUT2D eigenvalue weighted by molar-refractivity contribution is -0.113. The van der Waals surface area contributed by atoms with Crippen LogP contribution >= 0.6 is 11.6 Å². The fourth-order valence-corrected chi connectivity index (χ4v) is 3.07. The highest BCUT2D eigenvalue weighted by Gasteiger charge is 2.31. The van der Waals surface area contributed by atoms with Crippen LogP contribution in [0.2, 0.25) is 5.02 Å². The number of allylic oxidation sites excluding steroid dienone is 1. The molecule has 0 unspecified atom stereocenters. The summed E-state index contributed by atoms with van der Waals surface area (Å²) in [5, 5.41) is 8.92. The van der Waals surface area contributed by atoms with Gasteiger partial charge >= 0.3 is 6.03 Å². The number of hydrogen-bond acceptors (Lipinski definition) is 3. The molecule has 2 aromatic carbocycles. The Morgan fingerprint density at radius 1 is 1.19 bits per heavy atom. The number of nitrogens with one attached hydrogen (secondary N) is 3. The standard InChI is InChI=1S/C20H20ClN3O3/c1-3-27-16-7-5-4-6-15(16)23-19(25)17-12(2)22-20(26)24-18(17)13-8-10-14(21)11-9-13/h4-11,18H,3H2,1-2H3,(H,23,25)(H2,22,24,26)/t18-/m1/s1. The van der Waals surface area contributed by atoms with E-state index in [-0.39, 0.29) is 11.9 Å². The van der Waals surface area contributed by atoms with Crippen LogP contribution in [-0.2, 0) is 4.79 Å². The summed E-state index contributed by atoms with van der Waals surface area (Å²) in [6, 6.07) is 13.3. The SMILES string of the molecule is CCOc1ccccc1NC(=O)C1=C(C)NC(=O)N[C@@H]1c1ccc(Cl)cc1. The van der Waals surface area contributed by atoms with Crippen LogP contribution in [0.25, 0.3) is 0 Å². The monoisotopic (exact) mass is 385 g/mol. The minimum atomic E-state index is -0.588. The highest BCUT2D eigenvalue weighted by Crippen LogP contribution is 2.30. The Kier molecular flexibility index (Phi) is 5.66. The lowest BCUT2D eigenvalue weighted by atomic mass is 9.95. The molecule has 140 valence electrons. The summed E-state index contributed by atoms with van der Waals surface area (Å²) in [7, 11) is 0. The van der Waals surface area contributed by atoms with E-state index in [4.69, 9.17) is 16.3 Å². The van der Waals surface area contributed by atoms with Gasteiger partial charge in [0.15, 0.2) is 0 Å². The number of benzene rings is 2. The van der Waals surface area contributed by atoms with Gasteiger partial charge in [0.1, 0.15) is 5.75 Å². The van der Waals surface area contributed by atoms with Crippen LogP contribution in [0.5, 0.6) is 5.75 Å². The van der Waals surface area contributed by atoms with E-state index in [1.807, 2.05) is 19.1 Å². The molecule has 27 heavy (non-hydrogen) atoms. The quantitative estimate of drug-likeness (QED) is 0.727. The van der Waals surface area contributed by atoms with Crippen LogP contribution in [-0.4, -0.2) is 18.5 Å². The van der Waals surface area contributed by atoms with Gasteiger partial charge in [-0.2, -0.15) is 0 Å². The summed E-state index contributed by atoms with van der Waals surface area (Å²) in [5.74, 6) is 0.259.